The van der Waals surface area contributed by atoms with E-state index >= 15 is 0 Å². The van der Waals surface area contributed by atoms with Gasteiger partial charge in [-0.1, -0.05) is 23.2 Å². The lowest BCUT2D eigenvalue weighted by atomic mass is 9.48. The number of hydrogen-bond donors (Lipinski definition) is 1. The summed E-state index contributed by atoms with van der Waals surface area (Å²) >= 11 is 11.9. The first-order chi connectivity index (χ1) is 12.4. The number of hydrogen-bond acceptors (Lipinski definition) is 3. The monoisotopic (exact) mass is 394 g/mol. The summed E-state index contributed by atoms with van der Waals surface area (Å²) in [5.74, 6) is 2.74. The number of nitrogens with zero attached hydrogens (tertiary/aromatic N) is 1. The van der Waals surface area contributed by atoms with Gasteiger partial charge in [0.15, 0.2) is 6.61 Å². The molecule has 0 aliphatic heterocycles. The van der Waals surface area contributed by atoms with Crippen molar-refractivity contribution in [3.8, 4) is 5.75 Å². The highest BCUT2D eigenvalue weighted by Gasteiger charge is 2.52. The zero-order valence-corrected chi connectivity index (χ0v) is 16.4. The van der Waals surface area contributed by atoms with Crippen LogP contribution in [0.15, 0.2) is 23.3 Å². The Morgan fingerprint density at radius 3 is 2.38 bits per heavy atom. The molecule has 4 saturated carbocycles. The fraction of sp³-hybridized carbons (Fsp3) is 0.600. The lowest BCUT2D eigenvalue weighted by Crippen LogP contribution is -2.49. The Bertz CT molecular complexity index is 712. The lowest BCUT2D eigenvalue weighted by Gasteiger charge is -2.56. The second-order valence-electron chi connectivity index (χ2n) is 8.29. The van der Waals surface area contributed by atoms with Crippen LogP contribution in [0.4, 0.5) is 0 Å². The number of carbonyl (C=O) groups excluding carboxylic acids is 1. The van der Waals surface area contributed by atoms with Crippen molar-refractivity contribution in [3.05, 3.63) is 28.2 Å². The maximum Gasteiger partial charge on any atom is 0.277 e. The molecule has 0 unspecified atom stereocenters. The number of nitrogens with one attached hydrogen (secondary N) is 1. The van der Waals surface area contributed by atoms with Crippen LogP contribution in [0.25, 0.3) is 0 Å². The second kappa shape index (κ2) is 7.05. The van der Waals surface area contributed by atoms with Gasteiger partial charge < -0.3 is 4.74 Å². The van der Waals surface area contributed by atoms with Crippen LogP contribution < -0.4 is 10.2 Å². The number of amides is 1. The van der Waals surface area contributed by atoms with Crippen LogP contribution >= 0.6 is 23.2 Å². The van der Waals surface area contributed by atoms with Crippen LogP contribution in [0, 0.1) is 23.2 Å². The van der Waals surface area contributed by atoms with E-state index in [1.807, 2.05) is 0 Å². The van der Waals surface area contributed by atoms with Crippen molar-refractivity contribution in [2.75, 3.05) is 6.61 Å². The number of benzene rings is 1. The molecule has 4 bridgehead atoms. The molecule has 0 radical (unpaired) electrons. The summed E-state index contributed by atoms with van der Waals surface area (Å²) in [4.78, 5) is 12.1. The van der Waals surface area contributed by atoms with Crippen molar-refractivity contribution >= 4 is 34.8 Å². The minimum absolute atomic E-state index is 0.126. The molecule has 1 amide bonds. The molecule has 4 nitrogen and oxygen atoms in total. The molecule has 4 aliphatic carbocycles. The Kier molecular flexibility index (Phi) is 4.91. The minimum atomic E-state index is -0.278. The van der Waals surface area contributed by atoms with Gasteiger partial charge in [0.1, 0.15) is 5.75 Å². The summed E-state index contributed by atoms with van der Waals surface area (Å²) in [5, 5.41) is 5.36. The molecule has 1 N–H and O–H groups in total. The quantitative estimate of drug-likeness (QED) is 0.558. The maximum absolute atomic E-state index is 12.1. The van der Waals surface area contributed by atoms with Gasteiger partial charge >= 0.3 is 0 Å². The number of ether oxygens (including phenoxy) is 1. The van der Waals surface area contributed by atoms with E-state index in [9.17, 15) is 4.79 Å². The number of halogens is 2. The Balaban J connectivity index is 1.34. The fourth-order valence-corrected chi connectivity index (χ4v) is 6.05. The van der Waals surface area contributed by atoms with Crippen molar-refractivity contribution < 1.29 is 9.53 Å². The first-order valence-electron chi connectivity index (χ1n) is 9.35. The number of hydrazone groups is 1. The largest absolute Gasteiger partial charge is 0.482 e. The van der Waals surface area contributed by atoms with E-state index in [1.165, 1.54) is 38.5 Å². The molecule has 0 spiro atoms. The summed E-state index contributed by atoms with van der Waals surface area (Å²) in [6.45, 7) is 1.95. The first kappa shape index (κ1) is 18.1. The molecule has 140 valence electrons. The predicted molar refractivity (Wildman–Crippen MR) is 104 cm³/mol. The van der Waals surface area contributed by atoms with Gasteiger partial charge in [-0.2, -0.15) is 5.10 Å². The average Bonchev–Trinajstić information content (AvgIpc) is 2.57. The summed E-state index contributed by atoms with van der Waals surface area (Å²) < 4.78 is 5.46. The molecule has 6 heteroatoms. The average molecular weight is 395 g/mol. The predicted octanol–water partition coefficient (Wildman–Crippen LogP) is 5.08. The molecule has 0 saturated heterocycles. The van der Waals surface area contributed by atoms with Crippen LogP contribution in [-0.2, 0) is 4.79 Å². The van der Waals surface area contributed by atoms with E-state index in [0.717, 1.165) is 23.5 Å². The van der Waals surface area contributed by atoms with E-state index in [4.69, 9.17) is 27.9 Å². The molecular formula is C20H24Cl2N2O2. The molecule has 26 heavy (non-hydrogen) atoms. The summed E-state index contributed by atoms with van der Waals surface area (Å²) in [6, 6.07) is 4.92. The number of carbonyl (C=O) groups is 1. The van der Waals surface area contributed by atoms with E-state index < -0.39 is 0 Å². The van der Waals surface area contributed by atoms with Crippen molar-refractivity contribution in [1.82, 2.24) is 5.43 Å². The Labute approximate surface area is 164 Å². The molecule has 5 rings (SSSR count). The van der Waals surface area contributed by atoms with Crippen LogP contribution in [-0.4, -0.2) is 18.2 Å². The van der Waals surface area contributed by atoms with E-state index in [-0.39, 0.29) is 17.9 Å². The van der Waals surface area contributed by atoms with E-state index in [2.05, 4.69) is 17.5 Å². The molecule has 4 aliphatic rings. The smallest absolute Gasteiger partial charge is 0.277 e. The van der Waals surface area contributed by atoms with Gasteiger partial charge in [-0.25, -0.2) is 5.43 Å². The SMILES string of the molecule is CC(=NNC(=O)COc1ccc(Cl)cc1Cl)C12CC3CC(CC(C3)C1)C2. The zero-order valence-electron chi connectivity index (χ0n) is 14.9. The third kappa shape index (κ3) is 3.59. The van der Waals surface area contributed by atoms with E-state index in [0.29, 0.717) is 15.8 Å². The van der Waals surface area contributed by atoms with Gasteiger partial charge in [-0.05, 0) is 81.4 Å². The van der Waals surface area contributed by atoms with Gasteiger partial charge in [0.25, 0.3) is 5.91 Å². The van der Waals surface area contributed by atoms with Crippen molar-refractivity contribution in [2.24, 2.45) is 28.3 Å². The van der Waals surface area contributed by atoms with Crippen LogP contribution in [0.5, 0.6) is 5.75 Å². The topological polar surface area (TPSA) is 50.7 Å². The number of rotatable bonds is 5. The Hall–Kier alpha value is -1.26. The normalized spacial score (nSPS) is 32.6. The van der Waals surface area contributed by atoms with Crippen molar-refractivity contribution in [1.29, 1.82) is 0 Å². The van der Waals surface area contributed by atoms with Gasteiger partial charge in [0.05, 0.1) is 5.02 Å². The highest BCUT2D eigenvalue weighted by atomic mass is 35.5. The van der Waals surface area contributed by atoms with Crippen LogP contribution in [0.3, 0.4) is 0 Å². The van der Waals surface area contributed by atoms with Gasteiger partial charge in [-0.15, -0.1) is 0 Å². The molecule has 1 aromatic rings. The van der Waals surface area contributed by atoms with Gasteiger partial charge in [-0.3, -0.25) is 4.79 Å². The molecule has 0 heterocycles. The summed E-state index contributed by atoms with van der Waals surface area (Å²) in [7, 11) is 0. The first-order valence-corrected chi connectivity index (χ1v) is 10.1. The highest BCUT2D eigenvalue weighted by molar-refractivity contribution is 6.35. The van der Waals surface area contributed by atoms with E-state index in [1.54, 1.807) is 18.2 Å². The van der Waals surface area contributed by atoms with Crippen LogP contribution in [0.2, 0.25) is 10.0 Å². The molecule has 0 atom stereocenters. The van der Waals surface area contributed by atoms with Gasteiger partial charge in [0.2, 0.25) is 0 Å². The minimum Gasteiger partial charge on any atom is -0.482 e. The summed E-state index contributed by atoms with van der Waals surface area (Å²) in [5.41, 5.74) is 3.95. The third-order valence-electron chi connectivity index (χ3n) is 6.41. The molecule has 4 fully saturated rings. The molecular weight excluding hydrogens is 371 g/mol. The highest BCUT2D eigenvalue weighted by Crippen LogP contribution is 2.60. The van der Waals surface area contributed by atoms with Crippen LogP contribution in [0.1, 0.15) is 45.4 Å². The standard InChI is InChI=1S/C20H24Cl2N2O2/c1-12(20-8-13-4-14(9-20)6-15(5-13)10-20)23-24-19(25)11-26-18-3-2-16(21)7-17(18)22/h2-3,7,13-15H,4-6,8-11H2,1H3,(H,24,25). The molecule has 1 aromatic carbocycles. The van der Waals surface area contributed by atoms with Crippen molar-refractivity contribution in [2.45, 2.75) is 45.4 Å². The van der Waals surface area contributed by atoms with Gasteiger partial charge in [0, 0.05) is 16.1 Å². The second-order valence-corrected chi connectivity index (χ2v) is 9.14. The molecule has 0 aromatic heterocycles. The van der Waals surface area contributed by atoms with Crippen molar-refractivity contribution in [3.63, 3.8) is 0 Å². The third-order valence-corrected chi connectivity index (χ3v) is 6.94. The maximum atomic E-state index is 12.1. The Morgan fingerprint density at radius 2 is 1.81 bits per heavy atom. The summed E-state index contributed by atoms with van der Waals surface area (Å²) in [6.07, 6.45) is 7.90. The lowest BCUT2D eigenvalue weighted by molar-refractivity contribution is -0.123. The fourth-order valence-electron chi connectivity index (χ4n) is 5.59. The Morgan fingerprint density at radius 1 is 1.19 bits per heavy atom. The zero-order chi connectivity index (χ0) is 18.3.